The number of terminal acetylenes is 1. The highest BCUT2D eigenvalue weighted by atomic mass is 16.1. The quantitative estimate of drug-likeness (QED) is 0.633. The molecule has 4 fully saturated rings. The molecule has 23 heavy (non-hydrogen) atoms. The van der Waals surface area contributed by atoms with Crippen molar-refractivity contribution in [1.29, 1.82) is 0 Å². The summed E-state index contributed by atoms with van der Waals surface area (Å²) in [5, 5.41) is 0. The lowest BCUT2D eigenvalue weighted by Crippen LogP contribution is -2.56. The van der Waals surface area contributed by atoms with Crippen LogP contribution < -0.4 is 0 Å². The molecule has 4 saturated carbocycles. The second-order valence-electron chi connectivity index (χ2n) is 9.16. The van der Waals surface area contributed by atoms with Gasteiger partial charge in [-0.1, -0.05) is 13.8 Å². The highest BCUT2D eigenvalue weighted by molar-refractivity contribution is 5.87. The van der Waals surface area contributed by atoms with E-state index < -0.39 is 0 Å². The van der Waals surface area contributed by atoms with Gasteiger partial charge in [0, 0.05) is 30.6 Å². The maximum absolute atomic E-state index is 12.5. The lowest BCUT2D eigenvalue weighted by atomic mass is 9.43. The molecule has 2 nitrogen and oxygen atoms in total. The third kappa shape index (κ3) is 1.95. The van der Waals surface area contributed by atoms with E-state index in [0.29, 0.717) is 41.7 Å². The van der Waals surface area contributed by atoms with Crippen molar-refractivity contribution in [2.24, 2.45) is 40.4 Å². The van der Waals surface area contributed by atoms with Crippen molar-refractivity contribution in [3.8, 4) is 12.3 Å². The van der Waals surface area contributed by atoms with Gasteiger partial charge in [-0.25, -0.2) is 0 Å². The summed E-state index contributed by atoms with van der Waals surface area (Å²) in [4.78, 5) is 24.5. The van der Waals surface area contributed by atoms with Crippen molar-refractivity contribution >= 4 is 11.6 Å². The van der Waals surface area contributed by atoms with Crippen molar-refractivity contribution in [1.82, 2.24) is 0 Å². The molecule has 4 aliphatic carbocycles. The summed E-state index contributed by atoms with van der Waals surface area (Å²) in [7, 11) is 0. The fourth-order valence-electron chi connectivity index (χ4n) is 7.08. The van der Waals surface area contributed by atoms with Crippen LogP contribution in [0.15, 0.2) is 0 Å². The maximum atomic E-state index is 12.5. The number of hydrogen-bond donors (Lipinski definition) is 0. The van der Waals surface area contributed by atoms with Crippen LogP contribution in [0.1, 0.15) is 65.2 Å². The molecule has 0 heterocycles. The van der Waals surface area contributed by atoms with Crippen LogP contribution in [0.2, 0.25) is 0 Å². The number of carbonyl (C=O) groups excluding carboxylic acids is 2. The van der Waals surface area contributed by atoms with E-state index in [1.165, 1.54) is 0 Å². The monoisotopic (exact) mass is 312 g/mol. The number of rotatable bonds is 0. The first-order valence-corrected chi connectivity index (χ1v) is 9.41. The Morgan fingerprint density at radius 1 is 1.04 bits per heavy atom. The molecule has 2 heteroatoms. The fraction of sp³-hybridized carbons (Fsp3) is 0.810. The summed E-state index contributed by atoms with van der Waals surface area (Å²) in [6.45, 7) is 4.62. The molecule has 0 aromatic heterocycles. The Kier molecular flexibility index (Phi) is 3.32. The molecular weight excluding hydrogens is 284 g/mol. The second-order valence-corrected chi connectivity index (χ2v) is 9.16. The SMILES string of the molecule is C#CC1C[C@@H]2[C@H](CC[C@]3(C)C(=O)CC[C@@H]23)[C@@]2(C)CCC(=O)CC12. The Balaban J connectivity index is 1.72. The van der Waals surface area contributed by atoms with Crippen LogP contribution in [0.4, 0.5) is 0 Å². The minimum absolute atomic E-state index is 0.0893. The zero-order valence-corrected chi connectivity index (χ0v) is 14.4. The molecule has 0 N–H and O–H groups in total. The molecule has 0 spiro atoms. The van der Waals surface area contributed by atoms with E-state index in [1.807, 2.05) is 0 Å². The van der Waals surface area contributed by atoms with E-state index in [0.717, 1.165) is 44.9 Å². The van der Waals surface area contributed by atoms with Gasteiger partial charge < -0.3 is 0 Å². The molecule has 0 amide bonds. The summed E-state index contributed by atoms with van der Waals surface area (Å²) in [5.41, 5.74) is 0.120. The summed E-state index contributed by atoms with van der Waals surface area (Å²) in [5.74, 6) is 6.32. The van der Waals surface area contributed by atoms with E-state index in [9.17, 15) is 9.59 Å². The summed E-state index contributed by atoms with van der Waals surface area (Å²) < 4.78 is 0. The van der Waals surface area contributed by atoms with E-state index in [-0.39, 0.29) is 16.7 Å². The Morgan fingerprint density at radius 3 is 2.57 bits per heavy atom. The van der Waals surface area contributed by atoms with Crippen LogP contribution in [0.3, 0.4) is 0 Å². The normalized spacial score (nSPS) is 52.3. The number of fused-ring (bicyclic) bond motifs is 5. The van der Waals surface area contributed by atoms with Crippen molar-refractivity contribution in [2.45, 2.75) is 65.2 Å². The van der Waals surface area contributed by atoms with Gasteiger partial charge in [0.05, 0.1) is 0 Å². The van der Waals surface area contributed by atoms with Gasteiger partial charge in [0.2, 0.25) is 0 Å². The first-order chi connectivity index (χ1) is 10.9. The highest BCUT2D eigenvalue weighted by Gasteiger charge is 2.61. The van der Waals surface area contributed by atoms with Crippen LogP contribution in [0.5, 0.6) is 0 Å². The average Bonchev–Trinajstić information content (AvgIpc) is 2.83. The lowest BCUT2D eigenvalue weighted by Gasteiger charge is -2.60. The standard InChI is InChI=1S/C21H28O2/c1-4-13-11-15-16-5-6-19(23)21(16,3)10-8-17(15)20(2)9-7-14(22)12-18(13)20/h1,13,15-18H,5-12H2,2-3H3/t13?,15-,16-,17-,18?,20+,21-/m0/s1. The first-order valence-electron chi connectivity index (χ1n) is 9.41. The zero-order valence-electron chi connectivity index (χ0n) is 14.4. The van der Waals surface area contributed by atoms with Crippen LogP contribution >= 0.6 is 0 Å². The highest BCUT2D eigenvalue weighted by Crippen LogP contribution is 2.66. The fourth-order valence-corrected chi connectivity index (χ4v) is 7.08. The number of ketones is 2. The number of hydrogen-bond acceptors (Lipinski definition) is 2. The van der Waals surface area contributed by atoms with Gasteiger partial charge >= 0.3 is 0 Å². The van der Waals surface area contributed by atoms with Crippen molar-refractivity contribution in [3.05, 3.63) is 0 Å². The molecule has 4 aliphatic rings. The largest absolute Gasteiger partial charge is 0.300 e. The number of carbonyl (C=O) groups is 2. The van der Waals surface area contributed by atoms with Crippen LogP contribution in [-0.4, -0.2) is 11.6 Å². The lowest BCUT2D eigenvalue weighted by molar-refractivity contribution is -0.148. The molecule has 0 aromatic rings. The van der Waals surface area contributed by atoms with Gasteiger partial charge in [-0.05, 0) is 61.2 Å². The van der Waals surface area contributed by atoms with Crippen LogP contribution in [0, 0.1) is 52.8 Å². The van der Waals surface area contributed by atoms with E-state index >= 15 is 0 Å². The van der Waals surface area contributed by atoms with Gasteiger partial charge in [-0.3, -0.25) is 9.59 Å². The van der Waals surface area contributed by atoms with Crippen molar-refractivity contribution in [2.75, 3.05) is 0 Å². The average molecular weight is 312 g/mol. The Labute approximate surface area is 139 Å². The molecular formula is C21H28O2. The number of Topliss-reactive ketones (excluding diaryl/α,β-unsaturated/α-hetero) is 2. The van der Waals surface area contributed by atoms with Gasteiger partial charge in [0.25, 0.3) is 0 Å². The van der Waals surface area contributed by atoms with Crippen LogP contribution in [-0.2, 0) is 9.59 Å². The maximum Gasteiger partial charge on any atom is 0.139 e. The smallest absolute Gasteiger partial charge is 0.139 e. The molecule has 4 rings (SSSR count). The van der Waals surface area contributed by atoms with Gasteiger partial charge in [0.1, 0.15) is 11.6 Å². The minimum Gasteiger partial charge on any atom is -0.300 e. The van der Waals surface area contributed by atoms with Gasteiger partial charge in [-0.15, -0.1) is 12.3 Å². The van der Waals surface area contributed by atoms with Crippen molar-refractivity contribution < 1.29 is 9.59 Å². The molecule has 0 radical (unpaired) electrons. The zero-order chi connectivity index (χ0) is 16.4. The molecule has 0 aliphatic heterocycles. The Morgan fingerprint density at radius 2 is 1.83 bits per heavy atom. The Hall–Kier alpha value is -1.10. The summed E-state index contributed by atoms with van der Waals surface area (Å²) >= 11 is 0. The van der Waals surface area contributed by atoms with E-state index in [4.69, 9.17) is 6.42 Å². The minimum atomic E-state index is -0.0893. The molecule has 0 aromatic carbocycles. The van der Waals surface area contributed by atoms with E-state index in [1.54, 1.807) is 0 Å². The Bertz CT molecular complexity index is 599. The summed E-state index contributed by atoms with van der Waals surface area (Å²) in [6, 6.07) is 0. The third-order valence-corrected chi connectivity index (χ3v) is 8.46. The summed E-state index contributed by atoms with van der Waals surface area (Å²) in [6.07, 6.45) is 13.4. The second kappa shape index (κ2) is 4.95. The predicted molar refractivity (Wildman–Crippen MR) is 89.4 cm³/mol. The van der Waals surface area contributed by atoms with E-state index in [2.05, 4.69) is 19.8 Å². The first kappa shape index (κ1) is 15.4. The van der Waals surface area contributed by atoms with Crippen LogP contribution in [0.25, 0.3) is 0 Å². The molecule has 0 bridgehead atoms. The van der Waals surface area contributed by atoms with Gasteiger partial charge in [-0.2, -0.15) is 0 Å². The predicted octanol–water partition coefficient (Wildman–Crippen LogP) is 4.03. The molecule has 2 unspecified atom stereocenters. The topological polar surface area (TPSA) is 34.1 Å². The van der Waals surface area contributed by atoms with Crippen molar-refractivity contribution in [3.63, 3.8) is 0 Å². The molecule has 0 saturated heterocycles. The van der Waals surface area contributed by atoms with Gasteiger partial charge in [0.15, 0.2) is 0 Å². The molecule has 7 atom stereocenters. The third-order valence-electron chi connectivity index (χ3n) is 8.46. The molecule has 124 valence electrons.